The lowest BCUT2D eigenvalue weighted by Crippen LogP contribution is -2.55. The maximum atomic E-state index is 13.1. The molecule has 188 valence electrons. The Balaban J connectivity index is 1.38. The van der Waals surface area contributed by atoms with Gasteiger partial charge in [0.2, 0.25) is 0 Å². The first-order chi connectivity index (χ1) is 16.5. The number of nitrogens with one attached hydrogen (secondary N) is 2. The van der Waals surface area contributed by atoms with Crippen molar-refractivity contribution in [3.8, 4) is 5.75 Å². The van der Waals surface area contributed by atoms with Gasteiger partial charge in [-0.3, -0.25) is 9.59 Å². The van der Waals surface area contributed by atoms with Gasteiger partial charge in [-0.15, -0.1) is 0 Å². The van der Waals surface area contributed by atoms with E-state index in [0.29, 0.717) is 21.4 Å². The van der Waals surface area contributed by atoms with E-state index in [4.69, 9.17) is 27.9 Å². The number of halogens is 2. The first-order valence-corrected chi connectivity index (χ1v) is 12.8. The number of piperidine rings is 1. The molecule has 1 aromatic carbocycles. The summed E-state index contributed by atoms with van der Waals surface area (Å²) < 4.78 is 5.95. The van der Waals surface area contributed by atoms with E-state index in [1.165, 1.54) is 0 Å². The van der Waals surface area contributed by atoms with Crippen molar-refractivity contribution in [3.63, 3.8) is 0 Å². The average molecular weight is 519 g/mol. The number of benzene rings is 1. The average Bonchev–Trinajstić information content (AvgIpc) is 3.05. The number of amides is 2. The second-order valence-corrected chi connectivity index (χ2v) is 11.0. The summed E-state index contributed by atoms with van der Waals surface area (Å²) in [6.45, 7) is 7.33. The molecule has 2 saturated heterocycles. The fourth-order valence-corrected chi connectivity index (χ4v) is 5.37. The van der Waals surface area contributed by atoms with Gasteiger partial charge < -0.3 is 20.3 Å². The first kappa shape index (κ1) is 25.6. The lowest BCUT2D eigenvalue weighted by Gasteiger charge is -2.40. The minimum atomic E-state index is -1.10. The van der Waals surface area contributed by atoms with E-state index in [-0.39, 0.29) is 36.0 Å². The largest absolute Gasteiger partial charge is 0.476 e. The van der Waals surface area contributed by atoms with Gasteiger partial charge >= 0.3 is 0 Å². The van der Waals surface area contributed by atoms with Crippen LogP contribution in [0.1, 0.15) is 63.7 Å². The Hall–Kier alpha value is -2.51. The highest BCUT2D eigenvalue weighted by molar-refractivity contribution is 6.35. The number of fused-ring (bicyclic) bond motifs is 2. The topological polar surface area (TPSA) is 83.6 Å². The molecule has 3 atom stereocenters. The minimum absolute atomic E-state index is 0.0518. The second kappa shape index (κ2) is 10.2. The molecule has 0 saturated carbocycles. The smallest absolute Gasteiger partial charge is 0.263 e. The van der Waals surface area contributed by atoms with Crippen molar-refractivity contribution in [1.29, 1.82) is 0 Å². The number of hydrogen-bond donors (Lipinski definition) is 2. The zero-order valence-corrected chi connectivity index (χ0v) is 22.0. The molecule has 3 heterocycles. The van der Waals surface area contributed by atoms with E-state index in [2.05, 4.69) is 20.5 Å². The highest BCUT2D eigenvalue weighted by atomic mass is 35.5. The Bertz CT molecular complexity index is 1080. The maximum Gasteiger partial charge on any atom is 0.263 e. The van der Waals surface area contributed by atoms with Crippen LogP contribution in [0.15, 0.2) is 36.5 Å². The first-order valence-electron chi connectivity index (χ1n) is 12.0. The third-order valence-corrected chi connectivity index (χ3v) is 7.10. The molecule has 35 heavy (non-hydrogen) atoms. The number of ether oxygens (including phenoxy) is 1. The Kier molecular flexibility index (Phi) is 7.48. The van der Waals surface area contributed by atoms with Crippen molar-refractivity contribution in [1.82, 2.24) is 15.6 Å². The van der Waals surface area contributed by atoms with Crippen molar-refractivity contribution < 1.29 is 14.3 Å². The van der Waals surface area contributed by atoms with Crippen LogP contribution in [0.5, 0.6) is 5.75 Å². The highest BCUT2D eigenvalue weighted by Crippen LogP contribution is 2.39. The predicted molar refractivity (Wildman–Crippen MR) is 138 cm³/mol. The fraction of sp³-hybridized carbons (Fsp3) is 0.500. The summed E-state index contributed by atoms with van der Waals surface area (Å²) in [5.41, 5.74) is -0.540. The molecule has 4 rings (SSSR count). The second-order valence-electron chi connectivity index (χ2n) is 10.2. The van der Waals surface area contributed by atoms with Gasteiger partial charge in [0.25, 0.3) is 11.8 Å². The van der Waals surface area contributed by atoms with Crippen LogP contribution in [0.2, 0.25) is 10.0 Å². The zero-order valence-electron chi connectivity index (χ0n) is 20.5. The summed E-state index contributed by atoms with van der Waals surface area (Å²) >= 11 is 12.2. The number of pyridine rings is 1. The number of nitrogens with zero attached hydrogens (tertiary/aromatic N) is 2. The van der Waals surface area contributed by atoms with Crippen molar-refractivity contribution in [2.45, 2.75) is 83.1 Å². The molecular weight excluding hydrogens is 487 g/mol. The molecular formula is C26H32Cl2N4O3. The maximum absolute atomic E-state index is 13.1. The van der Waals surface area contributed by atoms with Gasteiger partial charge in [-0.25, -0.2) is 4.98 Å². The van der Waals surface area contributed by atoms with E-state index in [9.17, 15) is 9.59 Å². The van der Waals surface area contributed by atoms with E-state index >= 15 is 0 Å². The number of carbonyl (C=O) groups excluding carboxylic acids is 2. The van der Waals surface area contributed by atoms with Gasteiger partial charge in [-0.2, -0.15) is 0 Å². The number of carbonyl (C=O) groups is 2. The number of hydrogen-bond acceptors (Lipinski definition) is 5. The molecule has 2 amide bonds. The number of anilines is 1. The molecule has 2 aromatic rings. The molecule has 2 bridgehead atoms. The molecule has 1 aromatic heterocycles. The Labute approximate surface area is 216 Å². The van der Waals surface area contributed by atoms with Crippen LogP contribution < -0.4 is 20.3 Å². The quantitative estimate of drug-likeness (QED) is 0.538. The zero-order chi connectivity index (χ0) is 25.3. The van der Waals surface area contributed by atoms with Crippen LogP contribution in [0.4, 0.5) is 5.82 Å². The van der Waals surface area contributed by atoms with Gasteiger partial charge in [-0.1, -0.05) is 23.2 Å². The Morgan fingerprint density at radius 2 is 1.80 bits per heavy atom. The molecule has 2 aliphatic rings. The van der Waals surface area contributed by atoms with Gasteiger partial charge in [0.15, 0.2) is 5.60 Å². The predicted octanol–water partition coefficient (Wildman–Crippen LogP) is 5.00. The van der Waals surface area contributed by atoms with Crippen molar-refractivity contribution in [2.24, 2.45) is 0 Å². The summed E-state index contributed by atoms with van der Waals surface area (Å²) in [5.74, 6) is 1.00. The Morgan fingerprint density at radius 1 is 1.11 bits per heavy atom. The summed E-state index contributed by atoms with van der Waals surface area (Å²) in [5, 5.41) is 6.96. The number of rotatable bonds is 7. The molecule has 7 nitrogen and oxygen atoms in total. The molecule has 9 heteroatoms. The normalized spacial score (nSPS) is 21.7. The highest BCUT2D eigenvalue weighted by Gasteiger charge is 2.43. The van der Waals surface area contributed by atoms with Gasteiger partial charge in [0, 0.05) is 35.4 Å². The lowest BCUT2D eigenvalue weighted by molar-refractivity contribution is -0.135. The monoisotopic (exact) mass is 518 g/mol. The van der Waals surface area contributed by atoms with E-state index in [1.54, 1.807) is 38.2 Å². The molecule has 0 aliphatic carbocycles. The van der Waals surface area contributed by atoms with Gasteiger partial charge in [0.05, 0.1) is 10.6 Å². The molecule has 2 N–H and O–H groups in total. The minimum Gasteiger partial charge on any atom is -0.476 e. The van der Waals surface area contributed by atoms with Gasteiger partial charge in [0.1, 0.15) is 11.6 Å². The molecule has 2 aliphatic heterocycles. The van der Waals surface area contributed by atoms with Crippen LogP contribution in [0.3, 0.4) is 0 Å². The van der Waals surface area contributed by atoms with Crippen molar-refractivity contribution >= 4 is 40.8 Å². The van der Waals surface area contributed by atoms with Gasteiger partial charge in [-0.05, 0) is 83.7 Å². The van der Waals surface area contributed by atoms with Crippen molar-refractivity contribution in [2.75, 3.05) is 4.90 Å². The Morgan fingerprint density at radius 3 is 2.37 bits per heavy atom. The SMILES string of the molecule is CC(C)NC(=O)c1ccc(N2[C@@H]3CC[C@H]2C[C@@H](NC(=O)C(C)(C)Oc2ccc(Cl)cc2Cl)C3)nc1. The lowest BCUT2D eigenvalue weighted by atomic mass is 9.96. The van der Waals surface area contributed by atoms with E-state index in [1.807, 2.05) is 26.0 Å². The van der Waals surface area contributed by atoms with Crippen molar-refractivity contribution in [3.05, 3.63) is 52.1 Å². The van der Waals surface area contributed by atoms with Crippen LogP contribution in [-0.4, -0.2) is 46.6 Å². The molecule has 0 radical (unpaired) electrons. The summed E-state index contributed by atoms with van der Waals surface area (Å²) in [6.07, 6.45) is 5.40. The van der Waals surface area contributed by atoms with E-state index in [0.717, 1.165) is 31.5 Å². The van der Waals surface area contributed by atoms with Crippen LogP contribution in [0.25, 0.3) is 0 Å². The third kappa shape index (κ3) is 5.84. The van der Waals surface area contributed by atoms with E-state index < -0.39 is 5.60 Å². The molecule has 0 unspecified atom stereocenters. The third-order valence-electron chi connectivity index (χ3n) is 6.57. The van der Waals surface area contributed by atoms with Crippen LogP contribution in [0, 0.1) is 0 Å². The van der Waals surface area contributed by atoms with Crippen LogP contribution >= 0.6 is 23.2 Å². The molecule has 0 spiro atoms. The summed E-state index contributed by atoms with van der Waals surface area (Å²) in [7, 11) is 0. The standard InChI is InChI=1S/C26H32Cl2N4O3/c1-15(2)30-24(33)16-5-10-23(29-14-16)32-19-7-8-20(32)13-18(12-19)31-25(34)26(3,4)35-22-9-6-17(27)11-21(22)28/h5-6,9-11,14-15,18-20H,7-8,12-13H2,1-4H3,(H,30,33)(H,31,34)/t18-,19+,20-. The van der Waals surface area contributed by atoms with Crippen LogP contribution in [-0.2, 0) is 4.79 Å². The number of aromatic nitrogens is 1. The summed E-state index contributed by atoms with van der Waals surface area (Å²) in [4.78, 5) is 32.3. The molecule has 2 fully saturated rings. The fourth-order valence-electron chi connectivity index (χ4n) is 4.93. The summed E-state index contributed by atoms with van der Waals surface area (Å²) in [6, 6.07) is 9.40.